The van der Waals surface area contributed by atoms with Gasteiger partial charge in [0.05, 0.1) is 12.4 Å². The van der Waals surface area contributed by atoms with Gasteiger partial charge in [0.1, 0.15) is 16.4 Å². The molecule has 3 nitrogen and oxygen atoms in total. The second-order valence-corrected chi connectivity index (χ2v) is 7.61. The summed E-state index contributed by atoms with van der Waals surface area (Å²) in [6, 6.07) is 2.11. The summed E-state index contributed by atoms with van der Waals surface area (Å²) in [6.07, 6.45) is 5.10. The average molecular weight is 365 g/mol. The molecule has 0 bridgehead atoms. The predicted molar refractivity (Wildman–Crippen MR) is 105 cm³/mol. The number of hydrogen-bond donors (Lipinski definition) is 1. The van der Waals surface area contributed by atoms with Gasteiger partial charge in [-0.1, -0.05) is 25.4 Å². The number of halogens is 1. The van der Waals surface area contributed by atoms with Crippen LogP contribution in [0.5, 0.6) is 11.5 Å². The molecule has 0 unspecified atom stereocenters. The standard InChI is InChI=1S/C21H29ClO3/c1-7-15(23)10-9-14-11-16-17(13(3)4)12-21(5,6)25-20(16)18(22)19(14)24-8-2/h7,11-13,23H,8-10H2,1-6H3/b15-7+. The van der Waals surface area contributed by atoms with Gasteiger partial charge in [-0.15, -0.1) is 0 Å². The third-order valence-corrected chi connectivity index (χ3v) is 4.67. The van der Waals surface area contributed by atoms with Crippen LogP contribution >= 0.6 is 11.6 Å². The van der Waals surface area contributed by atoms with Crippen LogP contribution < -0.4 is 9.47 Å². The Kier molecular flexibility index (Phi) is 6.10. The molecule has 1 aliphatic heterocycles. The average Bonchev–Trinajstić information content (AvgIpc) is 2.55. The highest BCUT2D eigenvalue weighted by atomic mass is 35.5. The normalized spacial score (nSPS) is 16.3. The molecule has 2 rings (SSSR count). The lowest BCUT2D eigenvalue weighted by Crippen LogP contribution is -2.30. The number of aliphatic hydroxyl groups excluding tert-OH is 1. The first-order valence-corrected chi connectivity index (χ1v) is 9.32. The monoisotopic (exact) mass is 364 g/mol. The van der Waals surface area contributed by atoms with E-state index in [0.717, 1.165) is 11.1 Å². The van der Waals surface area contributed by atoms with Gasteiger partial charge < -0.3 is 14.6 Å². The molecule has 0 saturated carbocycles. The highest BCUT2D eigenvalue weighted by molar-refractivity contribution is 6.34. The molecule has 1 N–H and O–H groups in total. The van der Waals surface area contributed by atoms with Crippen LogP contribution in [0.15, 0.2) is 24.0 Å². The molecule has 1 heterocycles. The molecular formula is C21H29ClO3. The third-order valence-electron chi connectivity index (χ3n) is 4.33. The lowest BCUT2D eigenvalue weighted by molar-refractivity contribution is 0.156. The molecule has 25 heavy (non-hydrogen) atoms. The van der Waals surface area contributed by atoms with Gasteiger partial charge in [0.15, 0.2) is 5.75 Å². The smallest absolute Gasteiger partial charge is 0.150 e. The van der Waals surface area contributed by atoms with Crippen molar-refractivity contribution in [3.8, 4) is 11.5 Å². The fraction of sp³-hybridized carbons (Fsp3) is 0.524. The summed E-state index contributed by atoms with van der Waals surface area (Å²) in [7, 11) is 0. The zero-order valence-corrected chi connectivity index (χ0v) is 16.8. The highest BCUT2D eigenvalue weighted by Crippen LogP contribution is 2.48. The van der Waals surface area contributed by atoms with Crippen LogP contribution in [0.1, 0.15) is 59.1 Å². The van der Waals surface area contributed by atoms with E-state index in [2.05, 4.69) is 26.0 Å². The number of aliphatic hydroxyl groups is 1. The van der Waals surface area contributed by atoms with Crippen molar-refractivity contribution in [3.05, 3.63) is 40.1 Å². The first-order chi connectivity index (χ1) is 11.7. The molecule has 1 aromatic carbocycles. The van der Waals surface area contributed by atoms with E-state index in [9.17, 15) is 5.11 Å². The predicted octanol–water partition coefficient (Wildman–Crippen LogP) is 6.34. The van der Waals surface area contributed by atoms with Gasteiger partial charge >= 0.3 is 0 Å². The van der Waals surface area contributed by atoms with E-state index in [0.29, 0.717) is 47.6 Å². The van der Waals surface area contributed by atoms with Gasteiger partial charge in [-0.05, 0) is 69.4 Å². The Morgan fingerprint density at radius 3 is 2.64 bits per heavy atom. The number of hydrogen-bond acceptors (Lipinski definition) is 3. The largest absolute Gasteiger partial charge is 0.513 e. The molecule has 0 radical (unpaired) electrons. The van der Waals surface area contributed by atoms with Crippen molar-refractivity contribution in [2.75, 3.05) is 6.61 Å². The van der Waals surface area contributed by atoms with E-state index in [1.165, 1.54) is 5.57 Å². The number of ether oxygens (including phenoxy) is 2. The van der Waals surface area contributed by atoms with Crippen LogP contribution in [0.4, 0.5) is 0 Å². The van der Waals surface area contributed by atoms with Gasteiger partial charge in [0, 0.05) is 12.0 Å². The zero-order valence-electron chi connectivity index (χ0n) is 16.1. The van der Waals surface area contributed by atoms with E-state index < -0.39 is 5.60 Å². The Bertz CT molecular complexity index is 700. The Balaban J connectivity index is 2.60. The molecule has 1 aliphatic rings. The lowest BCUT2D eigenvalue weighted by atomic mass is 9.86. The van der Waals surface area contributed by atoms with E-state index in [4.69, 9.17) is 21.1 Å². The highest BCUT2D eigenvalue weighted by Gasteiger charge is 2.32. The fourth-order valence-electron chi connectivity index (χ4n) is 3.10. The summed E-state index contributed by atoms with van der Waals surface area (Å²) >= 11 is 6.70. The van der Waals surface area contributed by atoms with E-state index >= 15 is 0 Å². The van der Waals surface area contributed by atoms with Gasteiger partial charge in [-0.3, -0.25) is 0 Å². The first kappa shape index (κ1) is 19.7. The van der Waals surface area contributed by atoms with Crippen molar-refractivity contribution in [1.29, 1.82) is 0 Å². The zero-order chi connectivity index (χ0) is 18.8. The molecule has 0 aromatic heterocycles. The minimum absolute atomic E-state index is 0.354. The van der Waals surface area contributed by atoms with Crippen molar-refractivity contribution in [2.24, 2.45) is 5.92 Å². The van der Waals surface area contributed by atoms with E-state index in [1.807, 2.05) is 27.7 Å². The van der Waals surface area contributed by atoms with Gasteiger partial charge in [0.2, 0.25) is 0 Å². The van der Waals surface area contributed by atoms with Crippen molar-refractivity contribution < 1.29 is 14.6 Å². The summed E-state index contributed by atoms with van der Waals surface area (Å²) in [5.41, 5.74) is 2.84. The molecule has 138 valence electrons. The van der Waals surface area contributed by atoms with Crippen LogP contribution in [0, 0.1) is 5.92 Å². The number of allylic oxidation sites excluding steroid dienone is 3. The Morgan fingerprint density at radius 1 is 1.40 bits per heavy atom. The second kappa shape index (κ2) is 7.74. The maximum atomic E-state index is 9.81. The molecule has 0 aliphatic carbocycles. The maximum Gasteiger partial charge on any atom is 0.150 e. The minimum atomic E-state index is -0.412. The quantitative estimate of drug-likeness (QED) is 0.598. The second-order valence-electron chi connectivity index (χ2n) is 7.23. The molecule has 0 fully saturated rings. The van der Waals surface area contributed by atoms with Crippen molar-refractivity contribution in [1.82, 2.24) is 0 Å². The minimum Gasteiger partial charge on any atom is -0.513 e. The van der Waals surface area contributed by atoms with Crippen molar-refractivity contribution >= 4 is 17.2 Å². The Morgan fingerprint density at radius 2 is 2.08 bits per heavy atom. The molecule has 0 atom stereocenters. The summed E-state index contributed by atoms with van der Waals surface area (Å²) in [5, 5.41) is 10.3. The van der Waals surface area contributed by atoms with Crippen LogP contribution in [0.25, 0.3) is 5.57 Å². The van der Waals surface area contributed by atoms with Crippen LogP contribution in [0.3, 0.4) is 0 Å². The SMILES string of the molecule is C/C=C(/O)CCc1cc2c(c(Cl)c1OCC)OC(C)(C)C=C2C(C)C. The number of aryl methyl sites for hydroxylation is 1. The molecule has 0 spiro atoms. The summed E-state index contributed by atoms with van der Waals surface area (Å²) in [6.45, 7) is 12.7. The van der Waals surface area contributed by atoms with Crippen LogP contribution in [-0.4, -0.2) is 17.3 Å². The lowest BCUT2D eigenvalue weighted by Gasteiger charge is -2.34. The number of fused-ring (bicyclic) bond motifs is 1. The molecular weight excluding hydrogens is 336 g/mol. The first-order valence-electron chi connectivity index (χ1n) is 8.94. The topological polar surface area (TPSA) is 38.7 Å². The van der Waals surface area contributed by atoms with E-state index in [-0.39, 0.29) is 0 Å². The summed E-state index contributed by atoms with van der Waals surface area (Å²) in [5.74, 6) is 2.08. The molecule has 1 aromatic rings. The Hall–Kier alpha value is -1.61. The van der Waals surface area contributed by atoms with Gasteiger partial charge in [-0.2, -0.15) is 0 Å². The summed E-state index contributed by atoms with van der Waals surface area (Å²) in [4.78, 5) is 0. The van der Waals surface area contributed by atoms with Gasteiger partial charge in [0.25, 0.3) is 0 Å². The number of benzene rings is 1. The van der Waals surface area contributed by atoms with Crippen LogP contribution in [0.2, 0.25) is 5.02 Å². The third kappa shape index (κ3) is 4.33. The fourth-order valence-corrected chi connectivity index (χ4v) is 3.41. The number of rotatable bonds is 6. The van der Waals surface area contributed by atoms with Crippen molar-refractivity contribution in [2.45, 2.75) is 60.0 Å². The van der Waals surface area contributed by atoms with Gasteiger partial charge in [-0.25, -0.2) is 0 Å². The molecule has 0 amide bonds. The van der Waals surface area contributed by atoms with Crippen molar-refractivity contribution in [3.63, 3.8) is 0 Å². The molecule has 0 saturated heterocycles. The van der Waals surface area contributed by atoms with Crippen LogP contribution in [-0.2, 0) is 6.42 Å². The van der Waals surface area contributed by atoms with E-state index in [1.54, 1.807) is 6.08 Å². The summed E-state index contributed by atoms with van der Waals surface area (Å²) < 4.78 is 12.0. The maximum absolute atomic E-state index is 9.81. The molecule has 4 heteroatoms. The Labute approximate surface area is 156 Å².